The van der Waals surface area contributed by atoms with Crippen LogP contribution in [0.15, 0.2) is 35.7 Å². The SMILES string of the molecule is Cc1cccc(C)c1NC(=O)CN(C)C(=O)C1CCCN(C(=O)c2cccs2)C1. The van der Waals surface area contributed by atoms with Gasteiger partial charge < -0.3 is 15.1 Å². The van der Waals surface area contributed by atoms with E-state index in [0.29, 0.717) is 18.0 Å². The third-order valence-electron chi connectivity index (χ3n) is 5.29. The number of piperidine rings is 1. The molecule has 0 bridgehead atoms. The fraction of sp³-hybridized carbons (Fsp3) is 0.409. The van der Waals surface area contributed by atoms with Crippen molar-refractivity contribution in [2.24, 2.45) is 5.92 Å². The Balaban J connectivity index is 1.58. The molecule has 3 rings (SSSR count). The van der Waals surface area contributed by atoms with E-state index < -0.39 is 0 Å². The van der Waals surface area contributed by atoms with E-state index in [1.54, 1.807) is 11.9 Å². The molecule has 29 heavy (non-hydrogen) atoms. The van der Waals surface area contributed by atoms with E-state index >= 15 is 0 Å². The van der Waals surface area contributed by atoms with Gasteiger partial charge in [0.1, 0.15) is 0 Å². The minimum atomic E-state index is -0.273. The number of amides is 3. The number of aryl methyl sites for hydroxylation is 2. The van der Waals surface area contributed by atoms with Crippen LogP contribution in [0.25, 0.3) is 0 Å². The van der Waals surface area contributed by atoms with Gasteiger partial charge in [0.25, 0.3) is 5.91 Å². The van der Waals surface area contributed by atoms with Crippen molar-refractivity contribution in [3.63, 3.8) is 0 Å². The van der Waals surface area contributed by atoms with Gasteiger partial charge in [0.2, 0.25) is 11.8 Å². The molecule has 1 aliphatic rings. The quantitative estimate of drug-likeness (QED) is 0.818. The van der Waals surface area contributed by atoms with Gasteiger partial charge in [0, 0.05) is 25.8 Å². The molecule has 7 heteroatoms. The molecule has 1 unspecified atom stereocenters. The molecule has 2 aromatic rings. The fourth-order valence-corrected chi connectivity index (χ4v) is 4.41. The Morgan fingerprint density at radius 3 is 2.55 bits per heavy atom. The summed E-state index contributed by atoms with van der Waals surface area (Å²) in [4.78, 5) is 41.9. The highest BCUT2D eigenvalue weighted by Crippen LogP contribution is 2.22. The van der Waals surface area contributed by atoms with Crippen molar-refractivity contribution in [3.05, 3.63) is 51.7 Å². The van der Waals surface area contributed by atoms with E-state index in [1.165, 1.54) is 16.2 Å². The Labute approximate surface area is 175 Å². The lowest BCUT2D eigenvalue weighted by molar-refractivity contribution is -0.138. The number of hydrogen-bond acceptors (Lipinski definition) is 4. The van der Waals surface area contributed by atoms with Gasteiger partial charge in [-0.25, -0.2) is 0 Å². The van der Waals surface area contributed by atoms with E-state index in [4.69, 9.17) is 0 Å². The highest BCUT2D eigenvalue weighted by atomic mass is 32.1. The molecule has 2 heterocycles. The number of para-hydroxylation sites is 1. The largest absolute Gasteiger partial charge is 0.337 e. The molecular formula is C22H27N3O3S. The summed E-state index contributed by atoms with van der Waals surface area (Å²) in [6.45, 7) is 4.94. The van der Waals surface area contributed by atoms with E-state index in [0.717, 1.165) is 29.7 Å². The van der Waals surface area contributed by atoms with Crippen LogP contribution in [0.4, 0.5) is 5.69 Å². The van der Waals surface area contributed by atoms with Crippen LogP contribution in [0.2, 0.25) is 0 Å². The summed E-state index contributed by atoms with van der Waals surface area (Å²) in [5.74, 6) is -0.607. The van der Waals surface area contributed by atoms with E-state index in [9.17, 15) is 14.4 Å². The Hall–Kier alpha value is -2.67. The smallest absolute Gasteiger partial charge is 0.263 e. The maximum atomic E-state index is 12.9. The van der Waals surface area contributed by atoms with Gasteiger partial charge in [-0.15, -0.1) is 11.3 Å². The summed E-state index contributed by atoms with van der Waals surface area (Å²) in [6.07, 6.45) is 1.52. The minimum absolute atomic E-state index is 0.0119. The summed E-state index contributed by atoms with van der Waals surface area (Å²) in [7, 11) is 1.65. The second-order valence-corrected chi connectivity index (χ2v) is 8.52. The van der Waals surface area contributed by atoms with Gasteiger partial charge in [0.15, 0.2) is 0 Å². The molecule has 0 saturated carbocycles. The number of likely N-dealkylation sites (tertiary alicyclic amines) is 1. The number of anilines is 1. The molecule has 0 aliphatic carbocycles. The maximum absolute atomic E-state index is 12.9. The lowest BCUT2D eigenvalue weighted by Gasteiger charge is -2.33. The van der Waals surface area contributed by atoms with Crippen LogP contribution in [0.3, 0.4) is 0 Å². The number of nitrogens with one attached hydrogen (secondary N) is 1. The number of benzene rings is 1. The topological polar surface area (TPSA) is 69.7 Å². The molecule has 1 aromatic carbocycles. The van der Waals surface area contributed by atoms with Gasteiger partial charge in [-0.2, -0.15) is 0 Å². The molecule has 6 nitrogen and oxygen atoms in total. The third-order valence-corrected chi connectivity index (χ3v) is 6.15. The third kappa shape index (κ3) is 5.03. The average Bonchev–Trinajstić information content (AvgIpc) is 3.24. The molecule has 3 amide bonds. The fourth-order valence-electron chi connectivity index (χ4n) is 3.71. The van der Waals surface area contributed by atoms with E-state index in [1.807, 2.05) is 49.6 Å². The highest BCUT2D eigenvalue weighted by molar-refractivity contribution is 7.12. The number of likely N-dealkylation sites (N-methyl/N-ethyl adjacent to an activating group) is 1. The van der Waals surface area contributed by atoms with E-state index in [2.05, 4.69) is 5.32 Å². The monoisotopic (exact) mass is 413 g/mol. The molecule has 1 fully saturated rings. The number of hydrogen-bond donors (Lipinski definition) is 1. The minimum Gasteiger partial charge on any atom is -0.337 e. The normalized spacial score (nSPS) is 16.4. The average molecular weight is 414 g/mol. The van der Waals surface area contributed by atoms with Crippen molar-refractivity contribution in [2.75, 3.05) is 32.0 Å². The second kappa shape index (κ2) is 9.22. The Morgan fingerprint density at radius 1 is 1.17 bits per heavy atom. The predicted octanol–water partition coefficient (Wildman–Crippen LogP) is 3.31. The van der Waals surface area contributed by atoms with Crippen molar-refractivity contribution < 1.29 is 14.4 Å². The van der Waals surface area contributed by atoms with Crippen LogP contribution in [-0.2, 0) is 9.59 Å². The van der Waals surface area contributed by atoms with Crippen LogP contribution < -0.4 is 5.32 Å². The molecule has 1 saturated heterocycles. The molecule has 1 atom stereocenters. The van der Waals surface area contributed by atoms with Crippen molar-refractivity contribution >= 4 is 34.7 Å². The van der Waals surface area contributed by atoms with Crippen molar-refractivity contribution in [1.82, 2.24) is 9.80 Å². The molecule has 0 radical (unpaired) electrons. The Kier molecular flexibility index (Phi) is 6.69. The lowest BCUT2D eigenvalue weighted by atomic mass is 9.96. The lowest BCUT2D eigenvalue weighted by Crippen LogP contribution is -2.47. The van der Waals surface area contributed by atoms with Gasteiger partial charge >= 0.3 is 0 Å². The zero-order valence-corrected chi connectivity index (χ0v) is 17.9. The van der Waals surface area contributed by atoms with Crippen LogP contribution >= 0.6 is 11.3 Å². The first-order chi connectivity index (χ1) is 13.9. The summed E-state index contributed by atoms with van der Waals surface area (Å²) in [6, 6.07) is 9.50. The highest BCUT2D eigenvalue weighted by Gasteiger charge is 2.31. The van der Waals surface area contributed by atoms with Crippen LogP contribution in [-0.4, -0.2) is 54.2 Å². The number of carbonyl (C=O) groups excluding carboxylic acids is 3. The van der Waals surface area contributed by atoms with Crippen molar-refractivity contribution in [2.45, 2.75) is 26.7 Å². The predicted molar refractivity (Wildman–Crippen MR) is 115 cm³/mol. The Bertz CT molecular complexity index is 874. The molecule has 0 spiro atoms. The first-order valence-electron chi connectivity index (χ1n) is 9.80. The van der Waals surface area contributed by atoms with Crippen molar-refractivity contribution in [1.29, 1.82) is 0 Å². The van der Waals surface area contributed by atoms with Crippen molar-refractivity contribution in [3.8, 4) is 0 Å². The van der Waals surface area contributed by atoms with Gasteiger partial charge in [0.05, 0.1) is 17.3 Å². The number of rotatable bonds is 5. The zero-order chi connectivity index (χ0) is 21.0. The standard InChI is InChI=1S/C22H27N3O3S/c1-15-7-4-8-16(2)20(15)23-19(26)14-24(3)21(27)17-9-5-11-25(13-17)22(28)18-10-6-12-29-18/h4,6-8,10,12,17H,5,9,11,13-14H2,1-3H3,(H,23,26). The van der Waals surface area contributed by atoms with Gasteiger partial charge in [-0.05, 0) is 49.3 Å². The summed E-state index contributed by atoms with van der Waals surface area (Å²) >= 11 is 1.41. The second-order valence-electron chi connectivity index (χ2n) is 7.58. The molecule has 154 valence electrons. The first-order valence-corrected chi connectivity index (χ1v) is 10.7. The van der Waals surface area contributed by atoms with Gasteiger partial charge in [-0.3, -0.25) is 14.4 Å². The number of thiophene rings is 1. The molecule has 1 aliphatic heterocycles. The zero-order valence-electron chi connectivity index (χ0n) is 17.1. The molecular weight excluding hydrogens is 386 g/mol. The summed E-state index contributed by atoms with van der Waals surface area (Å²) < 4.78 is 0. The van der Waals surface area contributed by atoms with Crippen LogP contribution in [0, 0.1) is 19.8 Å². The number of carbonyl (C=O) groups is 3. The maximum Gasteiger partial charge on any atom is 0.263 e. The number of nitrogens with zero attached hydrogens (tertiary/aromatic N) is 2. The first kappa shape index (κ1) is 21.0. The summed E-state index contributed by atoms with van der Waals surface area (Å²) in [5.41, 5.74) is 2.77. The summed E-state index contributed by atoms with van der Waals surface area (Å²) in [5, 5.41) is 4.79. The van der Waals surface area contributed by atoms with Crippen LogP contribution in [0.1, 0.15) is 33.6 Å². The van der Waals surface area contributed by atoms with Crippen LogP contribution in [0.5, 0.6) is 0 Å². The Morgan fingerprint density at radius 2 is 1.90 bits per heavy atom. The van der Waals surface area contributed by atoms with Gasteiger partial charge in [-0.1, -0.05) is 24.3 Å². The molecule has 1 N–H and O–H groups in total. The van der Waals surface area contributed by atoms with E-state index in [-0.39, 0.29) is 30.2 Å². The molecule has 1 aromatic heterocycles.